The van der Waals surface area contributed by atoms with Crippen LogP contribution in [-0.4, -0.2) is 22.9 Å². The van der Waals surface area contributed by atoms with Crippen molar-refractivity contribution >= 4 is 29.2 Å². The number of amides is 2. The highest BCUT2D eigenvalue weighted by Gasteiger charge is 2.43. The number of rotatable bonds is 7. The van der Waals surface area contributed by atoms with Crippen LogP contribution in [-0.2, 0) is 14.4 Å². The molecule has 1 saturated carbocycles. The van der Waals surface area contributed by atoms with Gasteiger partial charge in [-0.15, -0.1) is 0 Å². The average molecular weight is 360 g/mol. The molecule has 0 aromatic heterocycles. The minimum absolute atomic E-state index is 0.0758. The van der Waals surface area contributed by atoms with E-state index in [1.165, 1.54) is 0 Å². The van der Waals surface area contributed by atoms with Crippen molar-refractivity contribution in [1.29, 1.82) is 0 Å². The number of carbonyl (C=O) groups is 3. The molecular weight excluding hydrogens is 332 g/mol. The maximum absolute atomic E-state index is 12.9. The van der Waals surface area contributed by atoms with Crippen LogP contribution in [0, 0.1) is 11.3 Å². The Morgan fingerprint density at radius 3 is 2.08 bits per heavy atom. The van der Waals surface area contributed by atoms with Gasteiger partial charge in [-0.25, -0.2) is 0 Å². The van der Waals surface area contributed by atoms with Gasteiger partial charge in [0.05, 0.1) is 11.8 Å². The Morgan fingerprint density at radius 1 is 1.04 bits per heavy atom. The van der Waals surface area contributed by atoms with E-state index in [1.807, 2.05) is 0 Å². The number of carboxylic acid groups (broad SMARTS) is 1. The summed E-state index contributed by atoms with van der Waals surface area (Å²) in [4.78, 5) is 35.7. The third-order valence-electron chi connectivity index (χ3n) is 5.29. The van der Waals surface area contributed by atoms with Crippen LogP contribution < -0.4 is 10.6 Å². The zero-order valence-electron chi connectivity index (χ0n) is 15.5. The quantitative estimate of drug-likeness (QED) is 0.684. The van der Waals surface area contributed by atoms with Gasteiger partial charge in [-0.3, -0.25) is 14.4 Å². The third-order valence-corrected chi connectivity index (χ3v) is 5.29. The van der Waals surface area contributed by atoms with Gasteiger partial charge < -0.3 is 15.7 Å². The molecule has 0 saturated heterocycles. The Labute approximate surface area is 154 Å². The molecule has 2 amide bonds. The van der Waals surface area contributed by atoms with Crippen molar-refractivity contribution < 1.29 is 19.5 Å². The molecular formula is C20H28N2O4. The minimum Gasteiger partial charge on any atom is -0.481 e. The van der Waals surface area contributed by atoms with E-state index in [0.717, 1.165) is 32.1 Å². The van der Waals surface area contributed by atoms with Crippen molar-refractivity contribution in [1.82, 2.24) is 0 Å². The lowest BCUT2D eigenvalue weighted by Crippen LogP contribution is -2.42. The van der Waals surface area contributed by atoms with Crippen LogP contribution in [0.15, 0.2) is 24.3 Å². The second-order valence-corrected chi connectivity index (χ2v) is 7.26. The Hall–Kier alpha value is -2.37. The standard InChI is InChI=1S/C20H28N2O4/c1-3-17(23)21-15-9-11-16(12-10-15)22-19(26)20(2,13-18(24)25)14-7-5-4-6-8-14/h9-12,14H,3-8,13H2,1-2H3,(H,21,23)(H,22,26)(H,24,25). The van der Waals surface area contributed by atoms with Crippen molar-refractivity contribution in [3.05, 3.63) is 24.3 Å². The van der Waals surface area contributed by atoms with E-state index in [9.17, 15) is 19.5 Å². The molecule has 0 radical (unpaired) electrons. The molecule has 0 aliphatic heterocycles. The lowest BCUT2D eigenvalue weighted by Gasteiger charge is -2.37. The third kappa shape index (κ3) is 5.07. The molecule has 26 heavy (non-hydrogen) atoms. The molecule has 3 N–H and O–H groups in total. The van der Waals surface area contributed by atoms with Crippen LogP contribution in [0.1, 0.15) is 58.8 Å². The second kappa shape index (κ2) is 8.83. The summed E-state index contributed by atoms with van der Waals surface area (Å²) in [6.07, 6.45) is 5.23. The molecule has 1 aromatic carbocycles. The number of hydrogen-bond acceptors (Lipinski definition) is 3. The van der Waals surface area contributed by atoms with E-state index in [1.54, 1.807) is 38.1 Å². The minimum atomic E-state index is -0.953. The highest BCUT2D eigenvalue weighted by molar-refractivity contribution is 5.97. The van der Waals surface area contributed by atoms with Crippen LogP contribution in [0.25, 0.3) is 0 Å². The monoisotopic (exact) mass is 360 g/mol. The van der Waals surface area contributed by atoms with Crippen LogP contribution in [0.5, 0.6) is 0 Å². The van der Waals surface area contributed by atoms with E-state index in [-0.39, 0.29) is 24.2 Å². The molecule has 1 fully saturated rings. The predicted octanol–water partition coefficient (Wildman–Crippen LogP) is 4.03. The number of carboxylic acids is 1. The molecule has 1 unspecified atom stereocenters. The molecule has 0 heterocycles. The summed E-state index contributed by atoms with van der Waals surface area (Å²) in [6.45, 7) is 3.54. The van der Waals surface area contributed by atoms with Crippen LogP contribution in [0.2, 0.25) is 0 Å². The van der Waals surface area contributed by atoms with Gasteiger partial charge in [0.2, 0.25) is 11.8 Å². The second-order valence-electron chi connectivity index (χ2n) is 7.26. The predicted molar refractivity (Wildman–Crippen MR) is 101 cm³/mol. The van der Waals surface area contributed by atoms with Crippen molar-refractivity contribution in [2.24, 2.45) is 11.3 Å². The summed E-state index contributed by atoms with van der Waals surface area (Å²) in [5, 5.41) is 14.9. The molecule has 1 aromatic rings. The number of hydrogen-bond donors (Lipinski definition) is 3. The molecule has 6 nitrogen and oxygen atoms in total. The van der Waals surface area contributed by atoms with E-state index in [0.29, 0.717) is 17.8 Å². The fourth-order valence-corrected chi connectivity index (χ4v) is 3.62. The molecule has 1 aliphatic carbocycles. The first-order valence-corrected chi connectivity index (χ1v) is 9.28. The number of benzene rings is 1. The van der Waals surface area contributed by atoms with Gasteiger partial charge in [-0.05, 0) is 49.9 Å². The van der Waals surface area contributed by atoms with Gasteiger partial charge in [-0.2, -0.15) is 0 Å². The zero-order chi connectivity index (χ0) is 19.2. The lowest BCUT2D eigenvalue weighted by atomic mass is 9.67. The maximum atomic E-state index is 12.9. The Balaban J connectivity index is 2.10. The molecule has 6 heteroatoms. The first kappa shape index (κ1) is 19.9. The maximum Gasteiger partial charge on any atom is 0.304 e. The Morgan fingerprint density at radius 2 is 1.58 bits per heavy atom. The van der Waals surface area contributed by atoms with Crippen LogP contribution >= 0.6 is 0 Å². The average Bonchev–Trinajstić information content (AvgIpc) is 2.63. The van der Waals surface area contributed by atoms with Crippen molar-refractivity contribution in [3.8, 4) is 0 Å². The van der Waals surface area contributed by atoms with Gasteiger partial charge >= 0.3 is 5.97 Å². The van der Waals surface area contributed by atoms with Crippen LogP contribution in [0.4, 0.5) is 11.4 Å². The van der Waals surface area contributed by atoms with Crippen molar-refractivity contribution in [2.75, 3.05) is 10.6 Å². The number of anilines is 2. The first-order chi connectivity index (χ1) is 12.3. The molecule has 142 valence electrons. The lowest BCUT2D eigenvalue weighted by molar-refractivity contribution is -0.145. The van der Waals surface area contributed by atoms with Gasteiger partial charge in [0, 0.05) is 17.8 Å². The highest BCUT2D eigenvalue weighted by Crippen LogP contribution is 2.42. The molecule has 1 aliphatic rings. The molecule has 0 spiro atoms. The summed E-state index contributed by atoms with van der Waals surface area (Å²) >= 11 is 0. The summed E-state index contributed by atoms with van der Waals surface area (Å²) in [5.74, 6) is -1.20. The van der Waals surface area contributed by atoms with Gasteiger partial charge in [0.15, 0.2) is 0 Å². The van der Waals surface area contributed by atoms with Crippen LogP contribution in [0.3, 0.4) is 0 Å². The van der Waals surface area contributed by atoms with Gasteiger partial charge in [-0.1, -0.05) is 26.2 Å². The number of carbonyl (C=O) groups excluding carboxylic acids is 2. The summed E-state index contributed by atoms with van der Waals surface area (Å²) in [5.41, 5.74) is 0.328. The summed E-state index contributed by atoms with van der Waals surface area (Å²) < 4.78 is 0. The fraction of sp³-hybridized carbons (Fsp3) is 0.550. The molecule has 0 bridgehead atoms. The SMILES string of the molecule is CCC(=O)Nc1ccc(NC(=O)C(C)(CC(=O)O)C2CCCCC2)cc1. The Kier molecular flexibility index (Phi) is 6.77. The van der Waals surface area contributed by atoms with E-state index >= 15 is 0 Å². The Bertz CT molecular complexity index is 650. The normalized spacial score (nSPS) is 17.2. The topological polar surface area (TPSA) is 95.5 Å². The molecule has 2 rings (SSSR count). The number of aliphatic carboxylic acids is 1. The summed E-state index contributed by atoms with van der Waals surface area (Å²) in [6, 6.07) is 6.87. The van der Waals surface area contributed by atoms with Crippen molar-refractivity contribution in [3.63, 3.8) is 0 Å². The highest BCUT2D eigenvalue weighted by atomic mass is 16.4. The smallest absolute Gasteiger partial charge is 0.304 e. The van der Waals surface area contributed by atoms with E-state index in [4.69, 9.17) is 0 Å². The van der Waals surface area contributed by atoms with Crippen molar-refractivity contribution in [2.45, 2.75) is 58.8 Å². The molecule has 1 atom stereocenters. The fourth-order valence-electron chi connectivity index (χ4n) is 3.62. The first-order valence-electron chi connectivity index (χ1n) is 9.28. The zero-order valence-corrected chi connectivity index (χ0v) is 15.5. The number of nitrogens with one attached hydrogen (secondary N) is 2. The van der Waals surface area contributed by atoms with E-state index in [2.05, 4.69) is 10.6 Å². The van der Waals surface area contributed by atoms with E-state index < -0.39 is 11.4 Å². The summed E-state index contributed by atoms with van der Waals surface area (Å²) in [7, 11) is 0. The van der Waals surface area contributed by atoms with Gasteiger partial charge in [0.25, 0.3) is 0 Å². The largest absolute Gasteiger partial charge is 0.481 e. The van der Waals surface area contributed by atoms with Gasteiger partial charge in [0.1, 0.15) is 0 Å².